The molecule has 0 unspecified atom stereocenters. The Morgan fingerprint density at radius 3 is 3.00 bits per heavy atom. The molecule has 112 valence electrons. The van der Waals surface area contributed by atoms with Gasteiger partial charge in [-0.05, 0) is 19.1 Å². The van der Waals surface area contributed by atoms with E-state index in [0.717, 1.165) is 0 Å². The highest BCUT2D eigenvalue weighted by Crippen LogP contribution is 2.34. The number of benzene rings is 1. The molecule has 7 nitrogen and oxygen atoms in total. The highest BCUT2D eigenvalue weighted by molar-refractivity contribution is 5.95. The number of amides is 2. The van der Waals surface area contributed by atoms with Gasteiger partial charge in [0.2, 0.25) is 18.6 Å². The number of ether oxygens (including phenoxy) is 2. The smallest absolute Gasteiger partial charge is 0.241 e. The molecule has 3 rings (SSSR count). The molecule has 2 heterocycles. The van der Waals surface area contributed by atoms with E-state index in [4.69, 9.17) is 9.47 Å². The predicted molar refractivity (Wildman–Crippen MR) is 75.2 cm³/mol. The van der Waals surface area contributed by atoms with E-state index in [1.807, 2.05) is 4.90 Å². The first-order chi connectivity index (χ1) is 10.1. The van der Waals surface area contributed by atoms with Crippen molar-refractivity contribution in [3.05, 3.63) is 18.2 Å². The maximum absolute atomic E-state index is 12.3. The zero-order chi connectivity index (χ0) is 14.8. The number of rotatable bonds is 3. The van der Waals surface area contributed by atoms with Gasteiger partial charge >= 0.3 is 0 Å². The summed E-state index contributed by atoms with van der Waals surface area (Å²) in [4.78, 5) is 25.5. The maximum Gasteiger partial charge on any atom is 0.241 e. The lowest BCUT2D eigenvalue weighted by Gasteiger charge is -2.31. The number of carbonyl (C=O) groups is 2. The maximum atomic E-state index is 12.3. The Labute approximate surface area is 122 Å². The highest BCUT2D eigenvalue weighted by atomic mass is 16.7. The van der Waals surface area contributed by atoms with E-state index in [1.54, 1.807) is 25.1 Å². The highest BCUT2D eigenvalue weighted by Gasteiger charge is 2.26. The van der Waals surface area contributed by atoms with Crippen LogP contribution < -0.4 is 20.1 Å². The summed E-state index contributed by atoms with van der Waals surface area (Å²) in [6.45, 7) is 3.48. The van der Waals surface area contributed by atoms with Crippen LogP contribution in [0.2, 0.25) is 0 Å². The van der Waals surface area contributed by atoms with Crippen molar-refractivity contribution >= 4 is 17.5 Å². The van der Waals surface area contributed by atoms with Gasteiger partial charge in [-0.2, -0.15) is 0 Å². The van der Waals surface area contributed by atoms with Crippen molar-refractivity contribution in [2.75, 3.05) is 31.7 Å². The van der Waals surface area contributed by atoms with Crippen LogP contribution in [0.5, 0.6) is 11.5 Å². The molecule has 0 aromatic heterocycles. The zero-order valence-electron chi connectivity index (χ0n) is 11.7. The lowest BCUT2D eigenvalue weighted by atomic mass is 10.2. The first kappa shape index (κ1) is 13.7. The topological polar surface area (TPSA) is 79.9 Å². The summed E-state index contributed by atoms with van der Waals surface area (Å²) in [6.07, 6.45) is 0. The second kappa shape index (κ2) is 5.61. The van der Waals surface area contributed by atoms with Crippen LogP contribution in [0.25, 0.3) is 0 Å². The van der Waals surface area contributed by atoms with E-state index in [2.05, 4.69) is 10.6 Å². The molecule has 0 radical (unpaired) electrons. The van der Waals surface area contributed by atoms with Crippen LogP contribution in [-0.2, 0) is 9.59 Å². The van der Waals surface area contributed by atoms with E-state index in [9.17, 15) is 9.59 Å². The number of fused-ring (bicyclic) bond motifs is 1. The van der Waals surface area contributed by atoms with Gasteiger partial charge in [0.25, 0.3) is 0 Å². The number of nitrogens with one attached hydrogen (secondary N) is 2. The first-order valence-corrected chi connectivity index (χ1v) is 6.85. The molecule has 2 amide bonds. The Morgan fingerprint density at radius 2 is 2.19 bits per heavy atom. The van der Waals surface area contributed by atoms with Crippen molar-refractivity contribution in [3.8, 4) is 11.5 Å². The number of piperazine rings is 1. The number of hydrogen-bond donors (Lipinski definition) is 2. The molecule has 21 heavy (non-hydrogen) atoms. The lowest BCUT2D eigenvalue weighted by molar-refractivity contribution is -0.127. The third-order valence-electron chi connectivity index (χ3n) is 3.64. The van der Waals surface area contributed by atoms with Crippen LogP contribution >= 0.6 is 0 Å². The standard InChI is InChI=1S/C14H17N3O4/c1-9(17-5-4-15-13(18)7-17)14(19)16-10-2-3-11-12(6-10)21-8-20-11/h2-3,6,9H,4-5,7-8H2,1H3,(H,15,18)(H,16,19)/t9-/m0/s1. The van der Waals surface area contributed by atoms with Crippen LogP contribution in [0.4, 0.5) is 5.69 Å². The quantitative estimate of drug-likeness (QED) is 0.830. The second-order valence-corrected chi connectivity index (χ2v) is 5.05. The molecule has 2 N–H and O–H groups in total. The van der Waals surface area contributed by atoms with Gasteiger partial charge in [0.05, 0.1) is 12.6 Å². The number of hydrogen-bond acceptors (Lipinski definition) is 5. The Hall–Kier alpha value is -2.28. The number of nitrogens with zero attached hydrogens (tertiary/aromatic N) is 1. The molecular formula is C14H17N3O4. The van der Waals surface area contributed by atoms with Crippen LogP contribution in [-0.4, -0.2) is 49.2 Å². The summed E-state index contributed by atoms with van der Waals surface area (Å²) in [5.41, 5.74) is 0.651. The molecule has 2 aliphatic heterocycles. The molecule has 1 fully saturated rings. The molecule has 0 saturated carbocycles. The van der Waals surface area contributed by atoms with Crippen molar-refractivity contribution in [2.45, 2.75) is 13.0 Å². The Morgan fingerprint density at radius 1 is 1.38 bits per heavy atom. The zero-order valence-corrected chi connectivity index (χ0v) is 11.7. The van der Waals surface area contributed by atoms with E-state index >= 15 is 0 Å². The van der Waals surface area contributed by atoms with Gasteiger partial charge in [0, 0.05) is 24.8 Å². The fourth-order valence-electron chi connectivity index (χ4n) is 2.38. The van der Waals surface area contributed by atoms with E-state index in [1.165, 1.54) is 0 Å². The van der Waals surface area contributed by atoms with Gasteiger partial charge in [-0.25, -0.2) is 0 Å². The van der Waals surface area contributed by atoms with E-state index in [0.29, 0.717) is 30.3 Å². The molecule has 0 bridgehead atoms. The third kappa shape index (κ3) is 2.92. The fraction of sp³-hybridized carbons (Fsp3) is 0.429. The molecule has 2 aliphatic rings. The van der Waals surface area contributed by atoms with Crippen molar-refractivity contribution < 1.29 is 19.1 Å². The molecule has 1 aromatic carbocycles. The van der Waals surface area contributed by atoms with Crippen LogP contribution in [0.1, 0.15) is 6.92 Å². The predicted octanol–water partition coefficient (Wildman–Crippen LogP) is 0.174. The van der Waals surface area contributed by atoms with Gasteiger partial charge in [-0.1, -0.05) is 0 Å². The minimum Gasteiger partial charge on any atom is -0.454 e. The van der Waals surface area contributed by atoms with Crippen molar-refractivity contribution in [3.63, 3.8) is 0 Å². The fourth-order valence-corrected chi connectivity index (χ4v) is 2.38. The molecule has 0 spiro atoms. The Balaban J connectivity index is 1.64. The van der Waals surface area contributed by atoms with Crippen LogP contribution in [0.15, 0.2) is 18.2 Å². The SMILES string of the molecule is C[C@@H](C(=O)Nc1ccc2c(c1)OCO2)N1CCNC(=O)C1. The van der Waals surface area contributed by atoms with E-state index < -0.39 is 0 Å². The normalized spacial score (nSPS) is 19.0. The summed E-state index contributed by atoms with van der Waals surface area (Å²) in [5, 5.41) is 5.58. The summed E-state index contributed by atoms with van der Waals surface area (Å²) in [6, 6.07) is 4.88. The summed E-state index contributed by atoms with van der Waals surface area (Å²) >= 11 is 0. The second-order valence-electron chi connectivity index (χ2n) is 5.05. The summed E-state index contributed by atoms with van der Waals surface area (Å²) in [5.74, 6) is 1.10. The molecule has 0 aliphatic carbocycles. The summed E-state index contributed by atoms with van der Waals surface area (Å²) in [7, 11) is 0. The minimum atomic E-state index is -0.374. The van der Waals surface area contributed by atoms with Crippen LogP contribution in [0, 0.1) is 0 Å². The number of anilines is 1. The van der Waals surface area contributed by atoms with Gasteiger partial charge in [-0.3, -0.25) is 14.5 Å². The van der Waals surface area contributed by atoms with Gasteiger partial charge < -0.3 is 20.1 Å². The van der Waals surface area contributed by atoms with Gasteiger partial charge in [0.15, 0.2) is 11.5 Å². The molecule has 1 atom stereocenters. The lowest BCUT2D eigenvalue weighted by Crippen LogP contribution is -2.53. The van der Waals surface area contributed by atoms with E-state index in [-0.39, 0.29) is 31.2 Å². The largest absolute Gasteiger partial charge is 0.454 e. The Kier molecular flexibility index (Phi) is 3.66. The molecule has 1 aromatic rings. The summed E-state index contributed by atoms with van der Waals surface area (Å²) < 4.78 is 10.5. The van der Waals surface area contributed by atoms with Gasteiger partial charge in [-0.15, -0.1) is 0 Å². The van der Waals surface area contributed by atoms with Gasteiger partial charge in [0.1, 0.15) is 0 Å². The molecule has 7 heteroatoms. The average Bonchev–Trinajstić information content (AvgIpc) is 2.94. The minimum absolute atomic E-state index is 0.0519. The monoisotopic (exact) mass is 291 g/mol. The molecular weight excluding hydrogens is 274 g/mol. The van der Waals surface area contributed by atoms with Crippen molar-refractivity contribution in [1.29, 1.82) is 0 Å². The van der Waals surface area contributed by atoms with Crippen molar-refractivity contribution in [1.82, 2.24) is 10.2 Å². The average molecular weight is 291 g/mol. The molecule has 1 saturated heterocycles. The van der Waals surface area contributed by atoms with Crippen molar-refractivity contribution in [2.24, 2.45) is 0 Å². The Bertz CT molecular complexity index is 575. The number of carbonyl (C=O) groups excluding carboxylic acids is 2. The first-order valence-electron chi connectivity index (χ1n) is 6.85. The third-order valence-corrected chi connectivity index (χ3v) is 3.64. The van der Waals surface area contributed by atoms with Crippen LogP contribution in [0.3, 0.4) is 0 Å².